The molecule has 22 heavy (non-hydrogen) atoms. The first-order valence-electron chi connectivity index (χ1n) is 6.46. The molecule has 3 aromatic rings. The van der Waals surface area contributed by atoms with Gasteiger partial charge in [0, 0.05) is 35.7 Å². The van der Waals surface area contributed by atoms with Gasteiger partial charge in [0.05, 0.1) is 5.75 Å². The highest BCUT2D eigenvalue weighted by atomic mass is 32.2. The number of nitrogens with zero attached hydrogens (tertiary/aromatic N) is 5. The Morgan fingerprint density at radius 1 is 1.23 bits per heavy atom. The zero-order valence-corrected chi connectivity index (χ0v) is 12.3. The molecule has 1 N–H and O–H groups in total. The van der Waals surface area contributed by atoms with Crippen LogP contribution in [-0.4, -0.2) is 36.4 Å². The van der Waals surface area contributed by atoms with Gasteiger partial charge < -0.3 is 5.32 Å². The van der Waals surface area contributed by atoms with Crippen molar-refractivity contribution in [2.24, 2.45) is 0 Å². The number of pyridine rings is 1. The van der Waals surface area contributed by atoms with Crippen molar-refractivity contribution in [1.29, 1.82) is 0 Å². The molecule has 0 aromatic carbocycles. The number of carbonyl (C=O) groups excluding carboxylic acids is 1. The number of hydrogen-bond acceptors (Lipinski definition) is 6. The van der Waals surface area contributed by atoms with Crippen LogP contribution in [0, 0.1) is 0 Å². The van der Waals surface area contributed by atoms with Crippen LogP contribution in [0.25, 0.3) is 5.82 Å². The molecular weight excluding hydrogens is 300 g/mol. The molecule has 0 saturated carbocycles. The fraction of sp³-hybridized carbons (Fsp3) is 0.0714. The monoisotopic (exact) mass is 312 g/mol. The second-order valence-corrected chi connectivity index (χ2v) is 5.28. The zero-order chi connectivity index (χ0) is 15.2. The van der Waals surface area contributed by atoms with Gasteiger partial charge in [-0.15, -0.1) is 11.8 Å². The van der Waals surface area contributed by atoms with Gasteiger partial charge in [-0.25, -0.2) is 14.6 Å². The Bertz CT molecular complexity index is 747. The zero-order valence-electron chi connectivity index (χ0n) is 11.5. The molecule has 0 radical (unpaired) electrons. The predicted octanol–water partition coefficient (Wildman–Crippen LogP) is 1.79. The number of hydrogen-bond donors (Lipinski definition) is 1. The van der Waals surface area contributed by atoms with Crippen LogP contribution in [0.15, 0.2) is 60.3 Å². The van der Waals surface area contributed by atoms with Gasteiger partial charge in [-0.3, -0.25) is 9.78 Å². The molecule has 0 aliphatic carbocycles. The van der Waals surface area contributed by atoms with Gasteiger partial charge in [-0.05, 0) is 18.2 Å². The van der Waals surface area contributed by atoms with E-state index in [0.29, 0.717) is 17.4 Å². The minimum absolute atomic E-state index is 0.132. The number of amides is 1. The Morgan fingerprint density at radius 2 is 2.09 bits per heavy atom. The average Bonchev–Trinajstić information content (AvgIpc) is 3.09. The van der Waals surface area contributed by atoms with Gasteiger partial charge in [0.15, 0.2) is 5.82 Å². The Kier molecular flexibility index (Phi) is 4.40. The quantitative estimate of drug-likeness (QED) is 0.723. The van der Waals surface area contributed by atoms with Crippen molar-refractivity contribution in [2.45, 2.75) is 4.90 Å². The molecule has 3 heterocycles. The standard InChI is InChI=1S/C14H12N6OS/c21-14(9-22-11-2-5-15-6-3-11)19-12-8-13(17-10-16-12)20-7-1-4-18-20/h1-8,10H,9H2,(H,16,17,19,21). The van der Waals surface area contributed by atoms with Gasteiger partial charge >= 0.3 is 0 Å². The van der Waals surface area contributed by atoms with Gasteiger partial charge in [0.1, 0.15) is 12.1 Å². The van der Waals surface area contributed by atoms with Crippen molar-refractivity contribution in [1.82, 2.24) is 24.7 Å². The van der Waals surface area contributed by atoms with E-state index in [4.69, 9.17) is 0 Å². The lowest BCUT2D eigenvalue weighted by Gasteiger charge is -2.06. The van der Waals surface area contributed by atoms with Crippen molar-refractivity contribution in [3.05, 3.63) is 55.4 Å². The van der Waals surface area contributed by atoms with E-state index in [1.54, 1.807) is 41.6 Å². The lowest BCUT2D eigenvalue weighted by molar-refractivity contribution is -0.113. The molecule has 0 aliphatic rings. The fourth-order valence-corrected chi connectivity index (χ4v) is 2.39. The number of thioether (sulfide) groups is 1. The van der Waals surface area contributed by atoms with Crippen LogP contribution in [0.1, 0.15) is 0 Å². The van der Waals surface area contributed by atoms with Gasteiger partial charge in [-0.2, -0.15) is 5.10 Å². The van der Waals surface area contributed by atoms with Crippen LogP contribution in [0.2, 0.25) is 0 Å². The van der Waals surface area contributed by atoms with Crippen LogP contribution in [0.5, 0.6) is 0 Å². The van der Waals surface area contributed by atoms with E-state index in [1.165, 1.54) is 18.1 Å². The van der Waals surface area contributed by atoms with E-state index in [-0.39, 0.29) is 5.91 Å². The van der Waals surface area contributed by atoms with E-state index >= 15 is 0 Å². The van der Waals surface area contributed by atoms with E-state index in [9.17, 15) is 4.79 Å². The van der Waals surface area contributed by atoms with E-state index in [1.807, 2.05) is 12.1 Å². The molecule has 0 unspecified atom stereocenters. The summed E-state index contributed by atoms with van der Waals surface area (Å²) in [4.78, 5) is 25.0. The Morgan fingerprint density at radius 3 is 2.86 bits per heavy atom. The predicted molar refractivity (Wildman–Crippen MR) is 82.7 cm³/mol. The number of anilines is 1. The number of aromatic nitrogens is 5. The summed E-state index contributed by atoms with van der Waals surface area (Å²) < 4.78 is 1.60. The van der Waals surface area contributed by atoms with Gasteiger partial charge in [0.2, 0.25) is 5.91 Å². The highest BCUT2D eigenvalue weighted by Crippen LogP contribution is 2.16. The highest BCUT2D eigenvalue weighted by molar-refractivity contribution is 8.00. The SMILES string of the molecule is O=C(CSc1ccncc1)Nc1cc(-n2cccn2)ncn1. The number of rotatable bonds is 5. The Hall–Kier alpha value is -2.74. The molecule has 0 bridgehead atoms. The molecule has 0 fully saturated rings. The molecule has 7 nitrogen and oxygen atoms in total. The molecule has 3 rings (SSSR count). The first-order chi connectivity index (χ1) is 10.8. The molecule has 3 aromatic heterocycles. The number of carbonyl (C=O) groups is 1. The fourth-order valence-electron chi connectivity index (χ4n) is 1.71. The molecular formula is C14H12N6OS. The van der Waals surface area contributed by atoms with E-state index < -0.39 is 0 Å². The van der Waals surface area contributed by atoms with Gasteiger partial charge in [-0.1, -0.05) is 0 Å². The third-order valence-corrected chi connectivity index (χ3v) is 3.69. The molecule has 1 amide bonds. The maximum Gasteiger partial charge on any atom is 0.235 e. The van der Waals surface area contributed by atoms with Crippen LogP contribution < -0.4 is 5.32 Å². The highest BCUT2D eigenvalue weighted by Gasteiger charge is 2.06. The lowest BCUT2D eigenvalue weighted by Crippen LogP contribution is -2.15. The minimum atomic E-state index is -0.132. The second-order valence-electron chi connectivity index (χ2n) is 4.23. The summed E-state index contributed by atoms with van der Waals surface area (Å²) in [6, 6.07) is 7.19. The van der Waals surface area contributed by atoms with Crippen LogP contribution in [-0.2, 0) is 4.79 Å². The summed E-state index contributed by atoms with van der Waals surface area (Å²) in [5.41, 5.74) is 0. The van der Waals surface area contributed by atoms with Crippen molar-refractivity contribution >= 4 is 23.5 Å². The summed E-state index contributed by atoms with van der Waals surface area (Å²) in [6.45, 7) is 0. The van der Waals surface area contributed by atoms with Crippen LogP contribution in [0.3, 0.4) is 0 Å². The van der Waals surface area contributed by atoms with Crippen LogP contribution in [0.4, 0.5) is 5.82 Å². The maximum absolute atomic E-state index is 12.0. The Balaban J connectivity index is 1.61. The smallest absolute Gasteiger partial charge is 0.235 e. The molecule has 0 spiro atoms. The molecule has 8 heteroatoms. The largest absolute Gasteiger partial charge is 0.310 e. The first-order valence-corrected chi connectivity index (χ1v) is 7.44. The normalized spacial score (nSPS) is 10.4. The molecule has 0 saturated heterocycles. The third-order valence-electron chi connectivity index (χ3n) is 2.68. The summed E-state index contributed by atoms with van der Waals surface area (Å²) in [7, 11) is 0. The lowest BCUT2D eigenvalue weighted by atomic mass is 10.5. The average molecular weight is 312 g/mol. The maximum atomic E-state index is 12.0. The first kappa shape index (κ1) is 14.2. The minimum Gasteiger partial charge on any atom is -0.310 e. The second kappa shape index (κ2) is 6.81. The third kappa shape index (κ3) is 3.67. The molecule has 110 valence electrons. The Labute approximate surface area is 130 Å². The molecule has 0 atom stereocenters. The van der Waals surface area contributed by atoms with Crippen molar-refractivity contribution in [3.8, 4) is 5.82 Å². The van der Waals surface area contributed by atoms with Crippen molar-refractivity contribution < 1.29 is 4.79 Å². The van der Waals surface area contributed by atoms with Crippen molar-refractivity contribution in [3.63, 3.8) is 0 Å². The van der Waals surface area contributed by atoms with Crippen molar-refractivity contribution in [2.75, 3.05) is 11.1 Å². The summed E-state index contributed by atoms with van der Waals surface area (Å²) in [5.74, 6) is 1.20. The molecule has 0 aliphatic heterocycles. The van der Waals surface area contributed by atoms with E-state index in [0.717, 1.165) is 4.90 Å². The van der Waals surface area contributed by atoms with Crippen LogP contribution >= 0.6 is 11.8 Å². The number of nitrogens with one attached hydrogen (secondary N) is 1. The summed E-state index contributed by atoms with van der Waals surface area (Å²) in [6.07, 6.45) is 8.21. The topological polar surface area (TPSA) is 85.6 Å². The van der Waals surface area contributed by atoms with E-state index in [2.05, 4.69) is 25.4 Å². The summed E-state index contributed by atoms with van der Waals surface area (Å²) in [5, 5.41) is 6.83. The van der Waals surface area contributed by atoms with Gasteiger partial charge in [0.25, 0.3) is 0 Å². The summed E-state index contributed by atoms with van der Waals surface area (Å²) >= 11 is 1.44.